The van der Waals surface area contributed by atoms with Crippen LogP contribution >= 0.6 is 11.8 Å². The predicted octanol–water partition coefficient (Wildman–Crippen LogP) is 3.50. The van der Waals surface area contributed by atoms with Crippen molar-refractivity contribution in [3.05, 3.63) is 34.6 Å². The second-order valence-electron chi connectivity index (χ2n) is 5.91. The number of unbranched alkanes of at least 4 members (excludes halogenated alkanes) is 2. The third-order valence-corrected chi connectivity index (χ3v) is 4.98. The summed E-state index contributed by atoms with van der Waals surface area (Å²) >= 11 is 1.29. The molecule has 146 valence electrons. The minimum atomic E-state index is -0.522. The number of aryl methyl sites for hydroxylation is 1. The number of amides is 1. The van der Waals surface area contributed by atoms with Crippen LogP contribution < -0.4 is 10.1 Å². The summed E-state index contributed by atoms with van der Waals surface area (Å²) in [6.07, 6.45) is 4.92. The molecule has 0 saturated carbocycles. The number of non-ortho nitro benzene ring substituents is 1. The number of nitro groups is 1. The molecule has 0 saturated heterocycles. The van der Waals surface area contributed by atoms with Crippen molar-refractivity contribution in [1.82, 2.24) is 14.8 Å². The molecule has 0 aliphatic heterocycles. The van der Waals surface area contributed by atoms with Crippen molar-refractivity contribution in [2.24, 2.45) is 0 Å². The summed E-state index contributed by atoms with van der Waals surface area (Å²) < 4.78 is 7.10. The molecular weight excluding hydrogens is 370 g/mol. The zero-order valence-electron chi connectivity index (χ0n) is 15.5. The Kier molecular flexibility index (Phi) is 7.59. The fraction of sp³-hybridized carbons (Fsp3) is 0.471. The molecule has 0 aliphatic carbocycles. The van der Waals surface area contributed by atoms with Crippen LogP contribution in [0, 0.1) is 10.1 Å². The molecule has 27 heavy (non-hydrogen) atoms. The van der Waals surface area contributed by atoms with Gasteiger partial charge in [0.2, 0.25) is 5.91 Å². The molecule has 0 aliphatic rings. The van der Waals surface area contributed by atoms with Crippen LogP contribution in [0.3, 0.4) is 0 Å². The Balaban J connectivity index is 2.05. The normalized spacial score (nSPS) is 11.8. The first-order chi connectivity index (χ1) is 13.0. The van der Waals surface area contributed by atoms with E-state index in [-0.39, 0.29) is 17.3 Å². The number of nitro benzene ring substituents is 1. The molecule has 10 heteroatoms. The first-order valence-electron chi connectivity index (χ1n) is 8.64. The highest BCUT2D eigenvalue weighted by atomic mass is 32.2. The lowest BCUT2D eigenvalue weighted by Crippen LogP contribution is -2.23. The van der Waals surface area contributed by atoms with Crippen molar-refractivity contribution < 1.29 is 14.5 Å². The first-order valence-corrected chi connectivity index (χ1v) is 9.52. The van der Waals surface area contributed by atoms with Crippen LogP contribution in [-0.2, 0) is 11.3 Å². The molecule has 0 unspecified atom stereocenters. The van der Waals surface area contributed by atoms with Gasteiger partial charge in [-0.3, -0.25) is 14.9 Å². The van der Waals surface area contributed by atoms with Gasteiger partial charge in [-0.05, 0) is 19.4 Å². The molecule has 1 N–H and O–H groups in total. The van der Waals surface area contributed by atoms with E-state index >= 15 is 0 Å². The average molecular weight is 393 g/mol. The van der Waals surface area contributed by atoms with Crippen LogP contribution in [0.25, 0.3) is 0 Å². The summed E-state index contributed by atoms with van der Waals surface area (Å²) in [7, 11) is 1.44. The molecule has 1 amide bonds. The maximum atomic E-state index is 12.5. The maximum absolute atomic E-state index is 12.5. The fourth-order valence-corrected chi connectivity index (χ4v) is 3.22. The van der Waals surface area contributed by atoms with E-state index in [1.54, 1.807) is 13.3 Å². The minimum Gasteiger partial charge on any atom is -0.495 e. The Bertz CT molecular complexity index is 795. The molecule has 0 radical (unpaired) electrons. The lowest BCUT2D eigenvalue weighted by atomic mass is 10.2. The zero-order valence-corrected chi connectivity index (χ0v) is 16.4. The van der Waals surface area contributed by atoms with Gasteiger partial charge in [-0.25, -0.2) is 0 Å². The molecule has 1 aromatic carbocycles. The van der Waals surface area contributed by atoms with Crippen molar-refractivity contribution >= 4 is 29.0 Å². The zero-order chi connectivity index (χ0) is 19.8. The highest BCUT2D eigenvalue weighted by molar-refractivity contribution is 8.00. The number of anilines is 1. The molecule has 9 nitrogen and oxygen atoms in total. The highest BCUT2D eigenvalue weighted by Gasteiger charge is 2.20. The van der Waals surface area contributed by atoms with E-state index in [9.17, 15) is 14.9 Å². The number of nitrogens with one attached hydrogen (secondary N) is 1. The second kappa shape index (κ2) is 9.91. The topological polar surface area (TPSA) is 112 Å². The number of hydrogen-bond donors (Lipinski definition) is 1. The van der Waals surface area contributed by atoms with E-state index in [4.69, 9.17) is 4.74 Å². The summed E-state index contributed by atoms with van der Waals surface area (Å²) in [5, 5.41) is 21.8. The van der Waals surface area contributed by atoms with Gasteiger partial charge < -0.3 is 14.6 Å². The molecular formula is C17H23N5O4S. The molecule has 1 aromatic heterocycles. The summed E-state index contributed by atoms with van der Waals surface area (Å²) in [6.45, 7) is 4.68. The van der Waals surface area contributed by atoms with Gasteiger partial charge in [0.1, 0.15) is 12.1 Å². The molecule has 2 rings (SSSR count). The molecule has 0 spiro atoms. The summed E-state index contributed by atoms with van der Waals surface area (Å²) in [4.78, 5) is 23.0. The Labute approximate surface area is 161 Å². The van der Waals surface area contributed by atoms with Crippen LogP contribution in [-0.4, -0.2) is 38.0 Å². The Morgan fingerprint density at radius 3 is 2.89 bits per heavy atom. The highest BCUT2D eigenvalue weighted by Crippen LogP contribution is 2.30. The largest absolute Gasteiger partial charge is 0.495 e. The second-order valence-corrected chi connectivity index (χ2v) is 7.21. The van der Waals surface area contributed by atoms with E-state index in [0.717, 1.165) is 25.8 Å². The minimum absolute atomic E-state index is 0.123. The Morgan fingerprint density at radius 2 is 2.22 bits per heavy atom. The number of carbonyl (C=O) groups excluding carboxylic acids is 1. The van der Waals surface area contributed by atoms with E-state index in [1.165, 1.54) is 37.1 Å². The molecule has 0 fully saturated rings. The molecule has 1 heterocycles. The quantitative estimate of drug-likeness (QED) is 0.284. The van der Waals surface area contributed by atoms with Gasteiger partial charge in [-0.2, -0.15) is 0 Å². The van der Waals surface area contributed by atoms with Gasteiger partial charge in [0, 0.05) is 18.7 Å². The van der Waals surface area contributed by atoms with E-state index < -0.39 is 10.2 Å². The van der Waals surface area contributed by atoms with Gasteiger partial charge in [0.05, 0.1) is 23.0 Å². The Morgan fingerprint density at radius 1 is 1.44 bits per heavy atom. The fourth-order valence-electron chi connectivity index (χ4n) is 2.37. The smallest absolute Gasteiger partial charge is 0.271 e. The summed E-state index contributed by atoms with van der Waals surface area (Å²) in [6, 6.07) is 4.06. The number of hydrogen-bond acceptors (Lipinski definition) is 7. The predicted molar refractivity (Wildman–Crippen MR) is 103 cm³/mol. The number of nitrogens with zero attached hydrogens (tertiary/aromatic N) is 4. The number of methoxy groups -OCH3 is 1. The van der Waals surface area contributed by atoms with Gasteiger partial charge in [0.15, 0.2) is 5.16 Å². The van der Waals surface area contributed by atoms with Crippen LogP contribution in [0.2, 0.25) is 0 Å². The van der Waals surface area contributed by atoms with E-state index in [2.05, 4.69) is 22.4 Å². The van der Waals surface area contributed by atoms with Crippen molar-refractivity contribution in [3.8, 4) is 5.75 Å². The van der Waals surface area contributed by atoms with E-state index in [1.807, 2.05) is 4.57 Å². The molecule has 2 aromatic rings. The van der Waals surface area contributed by atoms with Crippen LogP contribution in [0.4, 0.5) is 11.4 Å². The van der Waals surface area contributed by atoms with Gasteiger partial charge in [-0.1, -0.05) is 31.5 Å². The maximum Gasteiger partial charge on any atom is 0.271 e. The van der Waals surface area contributed by atoms with Crippen LogP contribution in [0.5, 0.6) is 5.75 Å². The first kappa shape index (κ1) is 20.7. The van der Waals surface area contributed by atoms with Crippen molar-refractivity contribution in [3.63, 3.8) is 0 Å². The monoisotopic (exact) mass is 393 g/mol. The number of rotatable bonds is 10. The number of aromatic nitrogens is 3. The van der Waals surface area contributed by atoms with Gasteiger partial charge in [0.25, 0.3) is 5.69 Å². The average Bonchev–Trinajstić information content (AvgIpc) is 3.08. The number of thioether (sulfide) groups is 1. The molecule has 0 bridgehead atoms. The lowest BCUT2D eigenvalue weighted by molar-refractivity contribution is -0.384. The third-order valence-electron chi connectivity index (χ3n) is 3.89. The number of ether oxygens (including phenoxy) is 1. The van der Waals surface area contributed by atoms with Crippen LogP contribution in [0.15, 0.2) is 29.7 Å². The summed E-state index contributed by atoms with van der Waals surface area (Å²) in [5.74, 6) is 0.0517. The van der Waals surface area contributed by atoms with E-state index in [0.29, 0.717) is 10.9 Å². The lowest BCUT2D eigenvalue weighted by Gasteiger charge is -2.14. The van der Waals surface area contributed by atoms with Crippen molar-refractivity contribution in [1.29, 1.82) is 0 Å². The summed E-state index contributed by atoms with van der Waals surface area (Å²) in [5.41, 5.74) is 0.135. The van der Waals surface area contributed by atoms with Gasteiger partial charge >= 0.3 is 0 Å². The van der Waals surface area contributed by atoms with Crippen molar-refractivity contribution in [2.45, 2.75) is 50.1 Å². The molecule has 1 atom stereocenters. The number of benzene rings is 1. The number of carbonyl (C=O) groups is 1. The Hall–Kier alpha value is -2.62. The SMILES string of the molecule is CCCCCn1cnnc1S[C@H](C)C(=O)Nc1cc([N+](=O)[O-])ccc1OC. The van der Waals surface area contributed by atoms with Gasteiger partial charge in [-0.15, -0.1) is 10.2 Å². The third kappa shape index (κ3) is 5.68. The van der Waals surface area contributed by atoms with Crippen molar-refractivity contribution in [2.75, 3.05) is 12.4 Å². The van der Waals surface area contributed by atoms with Crippen LogP contribution in [0.1, 0.15) is 33.1 Å². The standard InChI is InChI=1S/C17H23N5O4S/c1-4-5-6-9-21-11-18-20-17(21)27-12(2)16(23)19-14-10-13(22(24)25)7-8-15(14)26-3/h7-8,10-12H,4-6,9H2,1-3H3,(H,19,23)/t12-/m1/s1.